The minimum Gasteiger partial charge on any atom is -0.383 e. The van der Waals surface area contributed by atoms with Crippen LogP contribution in [0.4, 0.5) is 0 Å². The molecule has 6 heteroatoms. The van der Waals surface area contributed by atoms with Crippen LogP contribution in [0.15, 0.2) is 4.99 Å². The summed E-state index contributed by atoms with van der Waals surface area (Å²) in [7, 11) is 1.78. The van der Waals surface area contributed by atoms with E-state index >= 15 is 0 Å². The first kappa shape index (κ1) is 23.2. The number of likely N-dealkylation sites (tertiary alicyclic amines) is 1. The van der Waals surface area contributed by atoms with Gasteiger partial charge in [-0.05, 0) is 65.7 Å². The van der Waals surface area contributed by atoms with Crippen molar-refractivity contribution >= 4 is 5.96 Å². The van der Waals surface area contributed by atoms with Crippen molar-refractivity contribution in [3.05, 3.63) is 0 Å². The van der Waals surface area contributed by atoms with Crippen LogP contribution >= 0.6 is 0 Å². The number of nitrogens with zero attached hydrogens (tertiary/aromatic N) is 3. The van der Waals surface area contributed by atoms with Crippen LogP contribution in [0.25, 0.3) is 0 Å². The number of guanidine groups is 1. The molecule has 0 amide bonds. The minimum atomic E-state index is 0.441. The fourth-order valence-electron chi connectivity index (χ4n) is 3.59. The van der Waals surface area contributed by atoms with E-state index in [2.05, 4.69) is 48.1 Å². The molecule has 1 heterocycles. The lowest BCUT2D eigenvalue weighted by atomic mass is 10.2. The summed E-state index contributed by atoms with van der Waals surface area (Å²) in [5.41, 5.74) is 0. The highest BCUT2D eigenvalue weighted by molar-refractivity contribution is 5.80. The lowest BCUT2D eigenvalue weighted by Crippen LogP contribution is -2.43. The van der Waals surface area contributed by atoms with Crippen molar-refractivity contribution in [2.75, 3.05) is 59.5 Å². The van der Waals surface area contributed by atoms with E-state index in [9.17, 15) is 0 Å². The normalized spacial score (nSPS) is 19.9. The van der Waals surface area contributed by atoms with Crippen LogP contribution < -0.4 is 10.6 Å². The molecule has 0 radical (unpaired) electrons. The molecule has 6 nitrogen and oxygen atoms in total. The number of ether oxygens (including phenoxy) is 1. The lowest BCUT2D eigenvalue weighted by molar-refractivity contribution is 0.142. The monoisotopic (exact) mass is 369 g/mol. The number of hydrogen-bond donors (Lipinski definition) is 2. The van der Waals surface area contributed by atoms with Crippen LogP contribution in [-0.4, -0.2) is 87.4 Å². The van der Waals surface area contributed by atoms with E-state index in [4.69, 9.17) is 9.73 Å². The van der Waals surface area contributed by atoms with Gasteiger partial charge in [0.1, 0.15) is 0 Å². The smallest absolute Gasteiger partial charge is 0.191 e. The predicted octanol–water partition coefficient (Wildman–Crippen LogP) is 2.16. The Morgan fingerprint density at radius 1 is 1.31 bits per heavy atom. The Balaban J connectivity index is 2.42. The minimum absolute atomic E-state index is 0.441. The van der Waals surface area contributed by atoms with Crippen molar-refractivity contribution < 1.29 is 4.74 Å². The van der Waals surface area contributed by atoms with Crippen molar-refractivity contribution in [2.24, 2.45) is 4.99 Å². The van der Waals surface area contributed by atoms with E-state index in [1.807, 2.05) is 0 Å². The maximum atomic E-state index is 5.23. The first-order chi connectivity index (χ1) is 12.6. The molecular weight excluding hydrogens is 326 g/mol. The fraction of sp³-hybridized carbons (Fsp3) is 0.950. The van der Waals surface area contributed by atoms with Crippen molar-refractivity contribution in [2.45, 2.75) is 65.5 Å². The van der Waals surface area contributed by atoms with Gasteiger partial charge in [0.2, 0.25) is 0 Å². The molecule has 0 aromatic carbocycles. The van der Waals surface area contributed by atoms with Crippen molar-refractivity contribution in [3.63, 3.8) is 0 Å². The maximum absolute atomic E-state index is 5.23. The van der Waals surface area contributed by atoms with Gasteiger partial charge < -0.3 is 20.3 Å². The summed E-state index contributed by atoms with van der Waals surface area (Å²) in [5, 5.41) is 6.99. The molecule has 2 N–H and O–H groups in total. The Morgan fingerprint density at radius 3 is 2.73 bits per heavy atom. The van der Waals surface area contributed by atoms with Crippen molar-refractivity contribution in [1.82, 2.24) is 20.4 Å². The Hall–Kier alpha value is -0.850. The third-order valence-corrected chi connectivity index (χ3v) is 5.28. The third-order valence-electron chi connectivity index (χ3n) is 5.28. The highest BCUT2D eigenvalue weighted by Crippen LogP contribution is 2.16. The summed E-state index contributed by atoms with van der Waals surface area (Å²) < 4.78 is 5.23. The van der Waals surface area contributed by atoms with E-state index in [-0.39, 0.29) is 0 Å². The van der Waals surface area contributed by atoms with Gasteiger partial charge in [0.15, 0.2) is 5.96 Å². The summed E-state index contributed by atoms with van der Waals surface area (Å²) in [4.78, 5) is 9.88. The van der Waals surface area contributed by atoms with E-state index in [1.165, 1.54) is 38.8 Å². The van der Waals surface area contributed by atoms with Crippen LogP contribution in [-0.2, 0) is 4.74 Å². The van der Waals surface area contributed by atoms with E-state index in [0.29, 0.717) is 12.1 Å². The third kappa shape index (κ3) is 9.19. The quantitative estimate of drug-likeness (QED) is 0.385. The molecule has 1 fully saturated rings. The molecule has 1 rings (SSSR count). The molecule has 1 saturated heterocycles. The zero-order valence-electron chi connectivity index (χ0n) is 17.9. The number of methoxy groups -OCH3 is 1. The second-order valence-corrected chi connectivity index (χ2v) is 7.26. The molecule has 0 spiro atoms. The Morgan fingerprint density at radius 2 is 2.08 bits per heavy atom. The van der Waals surface area contributed by atoms with Gasteiger partial charge in [-0.3, -0.25) is 9.89 Å². The number of nitrogens with one attached hydrogen (secondary N) is 2. The lowest BCUT2D eigenvalue weighted by Gasteiger charge is -2.24. The Labute approximate surface area is 161 Å². The highest BCUT2D eigenvalue weighted by atomic mass is 16.5. The average molecular weight is 370 g/mol. The summed E-state index contributed by atoms with van der Waals surface area (Å²) >= 11 is 0. The summed E-state index contributed by atoms with van der Waals surface area (Å²) in [6.45, 7) is 17.1. The van der Waals surface area contributed by atoms with Gasteiger partial charge in [0.25, 0.3) is 0 Å². The highest BCUT2D eigenvalue weighted by Gasteiger charge is 2.23. The first-order valence-electron chi connectivity index (χ1n) is 10.6. The second-order valence-electron chi connectivity index (χ2n) is 7.26. The van der Waals surface area contributed by atoms with Crippen molar-refractivity contribution in [1.29, 1.82) is 0 Å². The van der Waals surface area contributed by atoms with Crippen LogP contribution in [0.3, 0.4) is 0 Å². The molecule has 2 unspecified atom stereocenters. The van der Waals surface area contributed by atoms with Crippen LogP contribution in [0.5, 0.6) is 0 Å². The second kappa shape index (κ2) is 14.2. The standard InChI is InChI=1S/C20H43N5O/c1-6-21-20(23-18(4)11-9-13-24(7-2)8-3)22-17-19-12-10-14-25(19)15-16-26-5/h18-19H,6-17H2,1-5H3,(H2,21,22,23). The van der Waals surface area contributed by atoms with Crippen LogP contribution in [0.1, 0.15) is 53.4 Å². The molecule has 1 aliphatic rings. The van der Waals surface area contributed by atoms with Gasteiger partial charge in [0, 0.05) is 32.3 Å². The van der Waals surface area contributed by atoms with Gasteiger partial charge in [-0.2, -0.15) is 0 Å². The van der Waals surface area contributed by atoms with Gasteiger partial charge in [-0.15, -0.1) is 0 Å². The van der Waals surface area contributed by atoms with Crippen LogP contribution in [0.2, 0.25) is 0 Å². The average Bonchev–Trinajstić information content (AvgIpc) is 3.09. The molecule has 154 valence electrons. The molecule has 2 atom stereocenters. The zero-order valence-corrected chi connectivity index (χ0v) is 17.9. The largest absolute Gasteiger partial charge is 0.383 e. The summed E-state index contributed by atoms with van der Waals surface area (Å²) in [6, 6.07) is 0.995. The number of aliphatic imine (C=N–C) groups is 1. The molecule has 26 heavy (non-hydrogen) atoms. The Kier molecular flexibility index (Phi) is 12.7. The first-order valence-corrected chi connectivity index (χ1v) is 10.6. The molecular formula is C20H43N5O. The molecule has 0 saturated carbocycles. The predicted molar refractivity (Wildman–Crippen MR) is 112 cm³/mol. The number of hydrogen-bond acceptors (Lipinski definition) is 4. The topological polar surface area (TPSA) is 52.1 Å². The maximum Gasteiger partial charge on any atom is 0.191 e. The summed E-state index contributed by atoms with van der Waals surface area (Å²) in [5.74, 6) is 0.960. The Bertz CT molecular complexity index is 373. The van der Waals surface area contributed by atoms with Crippen molar-refractivity contribution in [3.8, 4) is 0 Å². The van der Waals surface area contributed by atoms with Gasteiger partial charge >= 0.3 is 0 Å². The van der Waals surface area contributed by atoms with E-state index < -0.39 is 0 Å². The zero-order chi connectivity index (χ0) is 19.2. The molecule has 0 aromatic rings. The van der Waals surface area contributed by atoms with E-state index in [1.54, 1.807) is 7.11 Å². The van der Waals surface area contributed by atoms with Gasteiger partial charge in [0.05, 0.1) is 13.2 Å². The SMILES string of the molecule is CCNC(=NCC1CCCN1CCOC)NC(C)CCCN(CC)CC. The van der Waals surface area contributed by atoms with Gasteiger partial charge in [-0.25, -0.2) is 0 Å². The van der Waals surface area contributed by atoms with Crippen LogP contribution in [0, 0.1) is 0 Å². The molecule has 0 bridgehead atoms. The van der Waals surface area contributed by atoms with Gasteiger partial charge in [-0.1, -0.05) is 13.8 Å². The van der Waals surface area contributed by atoms with E-state index in [0.717, 1.165) is 45.3 Å². The fourth-order valence-corrected chi connectivity index (χ4v) is 3.59. The number of rotatable bonds is 13. The molecule has 1 aliphatic heterocycles. The molecule has 0 aliphatic carbocycles. The molecule has 0 aromatic heterocycles. The summed E-state index contributed by atoms with van der Waals surface area (Å²) in [6.07, 6.45) is 4.91.